The fraction of sp³-hybridized carbons (Fsp3) is 0.500. The number of hydrazone groups is 1. The van der Waals surface area contributed by atoms with Gasteiger partial charge >= 0.3 is 0 Å². The van der Waals surface area contributed by atoms with Gasteiger partial charge in [0.05, 0.1) is 11.4 Å². The maximum atomic E-state index is 14.4. The monoisotopic (exact) mass is 291 g/mol. The zero-order chi connectivity index (χ0) is 15.2. The standard InChI is InChI=1S/C16H22FN3O/c1-3-9-20(10-4-2)15-7-5-12(11-13(15)17)14-6-8-16(21)19-18-14/h5,7,11H,3-4,6,8-10H2,1-2H3,(H,19,21). The van der Waals surface area contributed by atoms with Crippen molar-refractivity contribution in [2.75, 3.05) is 18.0 Å². The van der Waals surface area contributed by atoms with Gasteiger partial charge in [0.2, 0.25) is 5.91 Å². The Kier molecular flexibility index (Phi) is 5.31. The summed E-state index contributed by atoms with van der Waals surface area (Å²) in [6.45, 7) is 5.88. The van der Waals surface area contributed by atoms with E-state index in [0.717, 1.165) is 37.2 Å². The summed E-state index contributed by atoms with van der Waals surface area (Å²) in [5, 5.41) is 4.01. The fourth-order valence-corrected chi connectivity index (χ4v) is 2.52. The molecule has 4 nitrogen and oxygen atoms in total. The summed E-state index contributed by atoms with van der Waals surface area (Å²) in [4.78, 5) is 13.2. The number of rotatable bonds is 6. The van der Waals surface area contributed by atoms with Crippen LogP contribution in [-0.4, -0.2) is 24.7 Å². The van der Waals surface area contributed by atoms with Crippen molar-refractivity contribution in [3.63, 3.8) is 0 Å². The molecule has 1 aromatic carbocycles. The zero-order valence-electron chi connectivity index (χ0n) is 12.7. The van der Waals surface area contributed by atoms with Gasteiger partial charge in [0.1, 0.15) is 5.82 Å². The molecule has 0 aliphatic carbocycles. The van der Waals surface area contributed by atoms with Gasteiger partial charge in [-0.2, -0.15) is 5.10 Å². The lowest BCUT2D eigenvalue weighted by Crippen LogP contribution is -2.27. The molecular formula is C16H22FN3O. The van der Waals surface area contributed by atoms with Crippen molar-refractivity contribution in [3.05, 3.63) is 29.6 Å². The second-order valence-electron chi connectivity index (χ2n) is 5.25. The summed E-state index contributed by atoms with van der Waals surface area (Å²) >= 11 is 0. The number of carbonyl (C=O) groups excluding carboxylic acids is 1. The van der Waals surface area contributed by atoms with Gasteiger partial charge in [0.25, 0.3) is 0 Å². The van der Waals surface area contributed by atoms with Crippen molar-refractivity contribution in [2.24, 2.45) is 5.10 Å². The molecule has 0 saturated carbocycles. The molecule has 0 aromatic heterocycles. The van der Waals surface area contributed by atoms with Crippen LogP contribution in [0.15, 0.2) is 23.3 Å². The predicted octanol–water partition coefficient (Wildman–Crippen LogP) is 3.07. The molecule has 1 N–H and O–H groups in total. The van der Waals surface area contributed by atoms with E-state index < -0.39 is 0 Å². The first-order valence-corrected chi connectivity index (χ1v) is 7.56. The third-order valence-corrected chi connectivity index (χ3v) is 3.51. The molecule has 0 spiro atoms. The van der Waals surface area contributed by atoms with Crippen LogP contribution >= 0.6 is 0 Å². The topological polar surface area (TPSA) is 44.7 Å². The second-order valence-corrected chi connectivity index (χ2v) is 5.25. The number of hydrogen-bond acceptors (Lipinski definition) is 3. The second kappa shape index (κ2) is 7.20. The SMILES string of the molecule is CCCN(CCC)c1ccc(C2=NNC(=O)CC2)cc1F. The number of carbonyl (C=O) groups is 1. The molecule has 21 heavy (non-hydrogen) atoms. The van der Waals surface area contributed by atoms with Gasteiger partial charge < -0.3 is 4.90 Å². The number of benzene rings is 1. The van der Waals surface area contributed by atoms with Crippen LogP contribution in [0.5, 0.6) is 0 Å². The smallest absolute Gasteiger partial charge is 0.240 e. The minimum Gasteiger partial charge on any atom is -0.369 e. The highest BCUT2D eigenvalue weighted by atomic mass is 19.1. The number of hydrogen-bond donors (Lipinski definition) is 1. The molecule has 5 heteroatoms. The van der Waals surface area contributed by atoms with Crippen molar-refractivity contribution < 1.29 is 9.18 Å². The third-order valence-electron chi connectivity index (χ3n) is 3.51. The Hall–Kier alpha value is -1.91. The molecular weight excluding hydrogens is 269 g/mol. The summed E-state index contributed by atoms with van der Waals surface area (Å²) in [5.41, 5.74) is 4.56. The first kappa shape index (κ1) is 15.5. The van der Waals surface area contributed by atoms with Gasteiger partial charge in [-0.05, 0) is 25.0 Å². The Bertz CT molecular complexity index is 536. The number of halogens is 1. The summed E-state index contributed by atoms with van der Waals surface area (Å²) in [7, 11) is 0. The van der Waals surface area contributed by atoms with Gasteiger partial charge in [-0.1, -0.05) is 19.9 Å². The average Bonchev–Trinajstić information content (AvgIpc) is 2.48. The highest BCUT2D eigenvalue weighted by molar-refractivity contribution is 6.04. The molecule has 0 radical (unpaired) electrons. The van der Waals surface area contributed by atoms with Crippen LogP contribution in [0.2, 0.25) is 0 Å². The normalized spacial score (nSPS) is 14.6. The maximum absolute atomic E-state index is 14.4. The largest absolute Gasteiger partial charge is 0.369 e. The highest BCUT2D eigenvalue weighted by Crippen LogP contribution is 2.22. The zero-order valence-corrected chi connectivity index (χ0v) is 12.7. The van der Waals surface area contributed by atoms with Crippen LogP contribution < -0.4 is 10.3 Å². The van der Waals surface area contributed by atoms with Crippen molar-refractivity contribution >= 4 is 17.3 Å². The van der Waals surface area contributed by atoms with Crippen molar-refractivity contribution in [3.8, 4) is 0 Å². The molecule has 1 aliphatic heterocycles. The van der Waals surface area contributed by atoms with Crippen LogP contribution in [-0.2, 0) is 4.79 Å². The Labute approximate surface area is 125 Å². The van der Waals surface area contributed by atoms with E-state index in [4.69, 9.17) is 0 Å². The van der Waals surface area contributed by atoms with Gasteiger partial charge in [0, 0.05) is 31.5 Å². The molecule has 114 valence electrons. The molecule has 1 heterocycles. The highest BCUT2D eigenvalue weighted by Gasteiger charge is 2.16. The Morgan fingerprint density at radius 1 is 1.24 bits per heavy atom. The summed E-state index contributed by atoms with van der Waals surface area (Å²) in [6, 6.07) is 5.21. The van der Waals surface area contributed by atoms with E-state index >= 15 is 0 Å². The molecule has 0 saturated heterocycles. The van der Waals surface area contributed by atoms with E-state index in [0.29, 0.717) is 18.5 Å². The number of nitrogens with zero attached hydrogens (tertiary/aromatic N) is 2. The molecule has 2 rings (SSSR count). The Morgan fingerprint density at radius 3 is 2.48 bits per heavy atom. The van der Waals surface area contributed by atoms with Crippen molar-refractivity contribution in [1.82, 2.24) is 5.43 Å². The van der Waals surface area contributed by atoms with E-state index in [-0.39, 0.29) is 11.7 Å². The van der Waals surface area contributed by atoms with Crippen LogP contribution in [0.3, 0.4) is 0 Å². The predicted molar refractivity (Wildman–Crippen MR) is 83.1 cm³/mol. The van der Waals surface area contributed by atoms with Gasteiger partial charge in [-0.25, -0.2) is 9.82 Å². The molecule has 0 fully saturated rings. The van der Waals surface area contributed by atoms with Crippen LogP contribution in [0.25, 0.3) is 0 Å². The van der Waals surface area contributed by atoms with E-state index in [1.807, 2.05) is 12.1 Å². The molecule has 0 bridgehead atoms. The molecule has 0 atom stereocenters. The summed E-state index contributed by atoms with van der Waals surface area (Å²) < 4.78 is 14.4. The summed E-state index contributed by atoms with van der Waals surface area (Å²) in [6.07, 6.45) is 2.93. The first-order chi connectivity index (χ1) is 10.2. The number of amides is 1. The number of nitrogens with one attached hydrogen (secondary N) is 1. The van der Waals surface area contributed by atoms with Crippen LogP contribution in [0.4, 0.5) is 10.1 Å². The van der Waals surface area contributed by atoms with Crippen molar-refractivity contribution in [2.45, 2.75) is 39.5 Å². The Balaban J connectivity index is 2.22. The van der Waals surface area contributed by atoms with Gasteiger partial charge in [-0.15, -0.1) is 0 Å². The Morgan fingerprint density at radius 2 is 1.95 bits per heavy atom. The van der Waals surface area contributed by atoms with E-state index in [1.165, 1.54) is 6.07 Å². The molecule has 0 unspecified atom stereocenters. The molecule has 1 aromatic rings. The lowest BCUT2D eigenvalue weighted by Gasteiger charge is -2.24. The molecule has 1 amide bonds. The van der Waals surface area contributed by atoms with E-state index in [9.17, 15) is 9.18 Å². The van der Waals surface area contributed by atoms with Crippen molar-refractivity contribution in [1.29, 1.82) is 0 Å². The minimum atomic E-state index is -0.228. The minimum absolute atomic E-state index is 0.0899. The quantitative estimate of drug-likeness (QED) is 0.875. The fourth-order valence-electron chi connectivity index (χ4n) is 2.52. The van der Waals surface area contributed by atoms with E-state index in [2.05, 4.69) is 29.3 Å². The lowest BCUT2D eigenvalue weighted by atomic mass is 10.0. The van der Waals surface area contributed by atoms with Crippen LogP contribution in [0, 0.1) is 5.82 Å². The summed E-state index contributed by atoms with van der Waals surface area (Å²) in [5.74, 6) is -0.318. The van der Waals surface area contributed by atoms with Gasteiger partial charge in [-0.3, -0.25) is 4.79 Å². The van der Waals surface area contributed by atoms with E-state index in [1.54, 1.807) is 0 Å². The average molecular weight is 291 g/mol. The third kappa shape index (κ3) is 3.80. The number of anilines is 1. The molecule has 1 aliphatic rings. The van der Waals surface area contributed by atoms with Gasteiger partial charge in [0.15, 0.2) is 0 Å². The first-order valence-electron chi connectivity index (χ1n) is 7.56. The van der Waals surface area contributed by atoms with Crippen LogP contribution in [0.1, 0.15) is 45.1 Å². The maximum Gasteiger partial charge on any atom is 0.240 e. The lowest BCUT2D eigenvalue weighted by molar-refractivity contribution is -0.121.